The fraction of sp³-hybridized carbons (Fsp3) is 0. The molecule has 3 heterocycles. The quantitative estimate of drug-likeness (QED) is 0.203. The molecule has 0 saturated heterocycles. The van der Waals surface area contributed by atoms with Crippen molar-refractivity contribution in [1.29, 1.82) is 10.5 Å². The molecule has 1 aliphatic rings. The van der Waals surface area contributed by atoms with Gasteiger partial charge in [0.1, 0.15) is 11.7 Å². The van der Waals surface area contributed by atoms with Gasteiger partial charge in [-0.1, -0.05) is 42.5 Å². The largest absolute Gasteiger partial charge is 0.268 e. The van der Waals surface area contributed by atoms with Gasteiger partial charge in [-0.15, -0.1) is 0 Å². The summed E-state index contributed by atoms with van der Waals surface area (Å²) in [6.45, 7) is 0. The lowest BCUT2D eigenvalue weighted by atomic mass is 9.88. The van der Waals surface area contributed by atoms with E-state index in [4.69, 9.17) is 4.98 Å². The van der Waals surface area contributed by atoms with Gasteiger partial charge in [-0.2, -0.15) is 10.5 Å². The SMILES string of the molecule is N#Cc1cc2c3c4c1-c1ccccc1S(=O)(=O)c4c(C#N)cc3c(=O)n1c3cccc4cccc(nc21)c43. The van der Waals surface area contributed by atoms with Gasteiger partial charge in [-0.05, 0) is 35.7 Å². The number of nitrogens with zero attached hydrogens (tertiary/aromatic N) is 4. The topological polar surface area (TPSA) is 116 Å². The second kappa shape index (κ2) is 6.71. The predicted octanol–water partition coefficient (Wildman–Crippen LogP) is 5.30. The van der Waals surface area contributed by atoms with E-state index in [1.807, 2.05) is 42.5 Å². The first kappa shape index (κ1) is 20.8. The average Bonchev–Trinajstić information content (AvgIpc) is 2.94. The summed E-state index contributed by atoms with van der Waals surface area (Å²) in [6, 6.07) is 25.1. The van der Waals surface area contributed by atoms with E-state index in [1.165, 1.54) is 16.5 Å². The minimum absolute atomic E-state index is 0.0305. The molecule has 0 bridgehead atoms. The molecular weight excluding hydrogens is 496 g/mol. The molecule has 38 heavy (non-hydrogen) atoms. The summed E-state index contributed by atoms with van der Waals surface area (Å²) in [5, 5.41) is 23.4. The van der Waals surface area contributed by atoms with E-state index in [2.05, 4.69) is 6.07 Å². The third-order valence-corrected chi connectivity index (χ3v) is 9.42. The lowest BCUT2D eigenvalue weighted by Crippen LogP contribution is -2.19. The molecule has 0 N–H and O–H groups in total. The number of benzene rings is 5. The second-order valence-corrected chi connectivity index (χ2v) is 11.2. The fourth-order valence-electron chi connectivity index (χ4n) is 6.07. The van der Waals surface area contributed by atoms with Gasteiger partial charge in [0.25, 0.3) is 5.56 Å². The average molecular weight is 509 g/mol. The first-order valence-electron chi connectivity index (χ1n) is 11.7. The van der Waals surface area contributed by atoms with Gasteiger partial charge in [0.2, 0.25) is 9.84 Å². The highest BCUT2D eigenvalue weighted by molar-refractivity contribution is 7.92. The maximum atomic E-state index is 14.2. The Morgan fingerprint density at radius 3 is 2.32 bits per heavy atom. The Kier molecular flexibility index (Phi) is 3.68. The molecule has 0 amide bonds. The number of hydrogen-bond donors (Lipinski definition) is 0. The second-order valence-electron chi connectivity index (χ2n) is 9.35. The van der Waals surface area contributed by atoms with Crippen LogP contribution in [-0.2, 0) is 9.84 Å². The smallest absolute Gasteiger partial charge is 0.264 e. The van der Waals surface area contributed by atoms with Crippen molar-refractivity contribution in [2.45, 2.75) is 9.79 Å². The predicted molar refractivity (Wildman–Crippen MR) is 143 cm³/mol. The van der Waals surface area contributed by atoms with E-state index in [9.17, 15) is 23.7 Å². The van der Waals surface area contributed by atoms with Gasteiger partial charge in [0.05, 0.1) is 43.4 Å². The Hall–Kier alpha value is -5.31. The van der Waals surface area contributed by atoms with Crippen LogP contribution in [0.1, 0.15) is 11.1 Å². The molecule has 0 radical (unpaired) electrons. The molecule has 176 valence electrons. The molecule has 5 aromatic carbocycles. The summed E-state index contributed by atoms with van der Waals surface area (Å²) in [5.41, 5.74) is 2.12. The van der Waals surface area contributed by atoms with Gasteiger partial charge >= 0.3 is 0 Å². The van der Waals surface area contributed by atoms with Crippen LogP contribution in [0.4, 0.5) is 0 Å². The standard InChI is InChI=1S/C30H12N4O3S/c31-13-16-11-19-26-20(30(35)34-22-9-4-6-15-5-3-8-21(25(15)22)33-29(19)34)12-17(14-32)28-27(26)24(16)18-7-1-2-10-23(18)38(28,36)37/h1-12H. The molecule has 0 unspecified atom stereocenters. The number of aromatic nitrogens is 2. The zero-order chi connectivity index (χ0) is 25.9. The van der Waals surface area contributed by atoms with E-state index in [0.29, 0.717) is 38.6 Å². The summed E-state index contributed by atoms with van der Waals surface area (Å²) in [6.07, 6.45) is 0. The van der Waals surface area contributed by atoms with Crippen LogP contribution in [-0.4, -0.2) is 17.8 Å². The van der Waals surface area contributed by atoms with Crippen molar-refractivity contribution in [3.8, 4) is 23.3 Å². The molecule has 2 aromatic heterocycles. The van der Waals surface area contributed by atoms with Gasteiger partial charge in [-0.25, -0.2) is 13.4 Å². The number of fused-ring (bicyclic) bond motifs is 5. The number of hydrogen-bond acceptors (Lipinski definition) is 6. The maximum absolute atomic E-state index is 14.2. The molecule has 8 rings (SSSR count). The number of sulfone groups is 1. The summed E-state index contributed by atoms with van der Waals surface area (Å²) in [4.78, 5) is 18.9. The first-order valence-corrected chi connectivity index (χ1v) is 13.2. The minimum atomic E-state index is -4.12. The number of nitriles is 2. The summed E-state index contributed by atoms with van der Waals surface area (Å²) in [7, 11) is -4.12. The first-order chi connectivity index (χ1) is 18.5. The molecule has 0 aliphatic carbocycles. The third-order valence-electron chi connectivity index (χ3n) is 7.53. The molecule has 0 fully saturated rings. The Balaban J connectivity index is 1.78. The molecule has 7 nitrogen and oxygen atoms in total. The van der Waals surface area contributed by atoms with Crippen LogP contribution in [0.15, 0.2) is 87.4 Å². The van der Waals surface area contributed by atoms with E-state index >= 15 is 0 Å². The molecule has 1 aliphatic heterocycles. The van der Waals surface area contributed by atoms with Crippen molar-refractivity contribution in [1.82, 2.24) is 9.38 Å². The van der Waals surface area contributed by atoms with Crippen molar-refractivity contribution < 1.29 is 8.42 Å². The van der Waals surface area contributed by atoms with Crippen LogP contribution in [0.3, 0.4) is 0 Å². The van der Waals surface area contributed by atoms with Gasteiger partial charge in [-0.3, -0.25) is 9.20 Å². The van der Waals surface area contributed by atoms with Gasteiger partial charge in [0, 0.05) is 32.7 Å². The van der Waals surface area contributed by atoms with Crippen molar-refractivity contribution in [2.75, 3.05) is 0 Å². The summed E-state index contributed by atoms with van der Waals surface area (Å²) < 4.78 is 29.3. The van der Waals surface area contributed by atoms with Crippen LogP contribution in [0, 0.1) is 22.7 Å². The van der Waals surface area contributed by atoms with E-state index < -0.39 is 15.4 Å². The molecule has 8 heteroatoms. The Bertz CT molecular complexity index is 2510. The normalized spacial score (nSPS) is 13.7. The molecular formula is C30H12N4O3S. The zero-order valence-corrected chi connectivity index (χ0v) is 20.2. The third kappa shape index (κ3) is 2.25. The van der Waals surface area contributed by atoms with Gasteiger partial charge in [0.15, 0.2) is 0 Å². The van der Waals surface area contributed by atoms with Crippen LogP contribution in [0.25, 0.3) is 60.1 Å². The Labute approximate surface area is 214 Å². The molecule has 0 spiro atoms. The van der Waals surface area contributed by atoms with Gasteiger partial charge < -0.3 is 0 Å². The van der Waals surface area contributed by atoms with Crippen molar-refractivity contribution in [3.63, 3.8) is 0 Å². The molecule has 0 atom stereocenters. The highest BCUT2D eigenvalue weighted by Gasteiger charge is 2.36. The Morgan fingerprint density at radius 1 is 0.789 bits per heavy atom. The van der Waals surface area contributed by atoms with E-state index in [-0.39, 0.29) is 31.7 Å². The monoisotopic (exact) mass is 508 g/mol. The lowest BCUT2D eigenvalue weighted by molar-refractivity contribution is 0.596. The summed E-state index contributed by atoms with van der Waals surface area (Å²) in [5.74, 6) is 0. The highest BCUT2D eigenvalue weighted by atomic mass is 32.2. The van der Waals surface area contributed by atoms with Crippen LogP contribution in [0.5, 0.6) is 0 Å². The van der Waals surface area contributed by atoms with Crippen LogP contribution in [0.2, 0.25) is 0 Å². The van der Waals surface area contributed by atoms with Crippen molar-refractivity contribution >= 4 is 58.8 Å². The van der Waals surface area contributed by atoms with Crippen molar-refractivity contribution in [3.05, 3.63) is 94.3 Å². The van der Waals surface area contributed by atoms with E-state index in [0.717, 1.165) is 10.8 Å². The minimum Gasteiger partial charge on any atom is -0.268 e. The van der Waals surface area contributed by atoms with Crippen LogP contribution < -0.4 is 5.56 Å². The number of pyridine rings is 1. The summed E-state index contributed by atoms with van der Waals surface area (Å²) >= 11 is 0. The van der Waals surface area contributed by atoms with E-state index in [1.54, 1.807) is 24.3 Å². The molecule has 7 aromatic rings. The number of rotatable bonds is 0. The highest BCUT2D eigenvalue weighted by Crippen LogP contribution is 2.49. The zero-order valence-electron chi connectivity index (χ0n) is 19.4. The Morgan fingerprint density at radius 2 is 1.53 bits per heavy atom. The maximum Gasteiger partial charge on any atom is 0.264 e. The van der Waals surface area contributed by atoms with Crippen LogP contribution >= 0.6 is 0 Å². The van der Waals surface area contributed by atoms with Crippen molar-refractivity contribution in [2.24, 2.45) is 0 Å². The lowest BCUT2D eigenvalue weighted by Gasteiger charge is -2.24. The fourth-order valence-corrected chi connectivity index (χ4v) is 7.87. The molecule has 0 saturated carbocycles.